The number of hydrogen-bond donors (Lipinski definition) is 3. The van der Waals surface area contributed by atoms with E-state index in [1.807, 2.05) is 0 Å². The Morgan fingerprint density at radius 2 is 2.00 bits per heavy atom. The summed E-state index contributed by atoms with van der Waals surface area (Å²) in [6, 6.07) is 5.07. The summed E-state index contributed by atoms with van der Waals surface area (Å²) in [7, 11) is -0.805. The van der Waals surface area contributed by atoms with Gasteiger partial charge >= 0.3 is 0 Å². The summed E-state index contributed by atoms with van der Waals surface area (Å²) in [5.41, 5.74) is 0.323. The van der Waals surface area contributed by atoms with Crippen LogP contribution in [0.25, 0.3) is 0 Å². The summed E-state index contributed by atoms with van der Waals surface area (Å²) >= 11 is 0. The fourth-order valence-electron chi connectivity index (χ4n) is 1.68. The van der Waals surface area contributed by atoms with Gasteiger partial charge in [-0.1, -0.05) is 6.07 Å². The van der Waals surface area contributed by atoms with Crippen LogP contribution in [0.15, 0.2) is 29.2 Å². The molecule has 128 valence electrons. The van der Waals surface area contributed by atoms with Crippen LogP contribution in [0.1, 0.15) is 13.3 Å². The summed E-state index contributed by atoms with van der Waals surface area (Å²) in [5, 5.41) is 5.09. The first-order chi connectivity index (χ1) is 10.8. The molecule has 0 fully saturated rings. The number of amides is 2. The maximum atomic E-state index is 12.0. The second-order valence-corrected chi connectivity index (χ2v) is 6.64. The highest BCUT2D eigenvalue weighted by atomic mass is 32.2. The van der Waals surface area contributed by atoms with Crippen LogP contribution in [-0.2, 0) is 24.3 Å². The molecule has 3 N–H and O–H groups in total. The minimum absolute atomic E-state index is 0.0367. The Hall–Kier alpha value is -1.97. The number of ether oxygens (including phenoxy) is 1. The van der Waals surface area contributed by atoms with Gasteiger partial charge in [0.25, 0.3) is 0 Å². The molecular formula is C14H21N3O5S. The highest BCUT2D eigenvalue weighted by Crippen LogP contribution is 2.15. The normalized spacial score (nSPS) is 12.5. The lowest BCUT2D eigenvalue weighted by atomic mass is 10.2. The van der Waals surface area contributed by atoms with E-state index in [4.69, 9.17) is 4.74 Å². The van der Waals surface area contributed by atoms with Crippen LogP contribution in [0.5, 0.6) is 0 Å². The largest absolute Gasteiger partial charge is 0.384 e. The quantitative estimate of drug-likeness (QED) is 0.618. The first-order valence-corrected chi connectivity index (χ1v) is 8.41. The molecule has 0 aliphatic rings. The molecule has 9 heteroatoms. The average molecular weight is 343 g/mol. The van der Waals surface area contributed by atoms with Gasteiger partial charge in [0.1, 0.15) is 6.04 Å². The van der Waals surface area contributed by atoms with E-state index in [2.05, 4.69) is 15.4 Å². The first kappa shape index (κ1) is 19.1. The van der Waals surface area contributed by atoms with Crippen molar-refractivity contribution in [2.45, 2.75) is 24.3 Å². The molecule has 1 rings (SSSR count). The van der Waals surface area contributed by atoms with Crippen molar-refractivity contribution in [3.63, 3.8) is 0 Å². The number of benzene rings is 1. The van der Waals surface area contributed by atoms with Crippen molar-refractivity contribution >= 4 is 27.5 Å². The number of anilines is 1. The predicted molar refractivity (Wildman–Crippen MR) is 85.4 cm³/mol. The molecule has 1 aromatic carbocycles. The van der Waals surface area contributed by atoms with Gasteiger partial charge < -0.3 is 15.4 Å². The van der Waals surface area contributed by atoms with Crippen LogP contribution in [0.2, 0.25) is 0 Å². The predicted octanol–water partition coefficient (Wildman–Crippen LogP) is 0.0744. The number of carbonyl (C=O) groups is 2. The summed E-state index contributed by atoms with van der Waals surface area (Å²) in [4.78, 5) is 23.6. The van der Waals surface area contributed by atoms with Gasteiger partial charge in [-0.3, -0.25) is 9.59 Å². The lowest BCUT2D eigenvalue weighted by molar-refractivity contribution is -0.126. The van der Waals surface area contributed by atoms with Gasteiger partial charge in [-0.05, 0) is 32.2 Å². The second-order valence-electron chi connectivity index (χ2n) is 4.76. The van der Waals surface area contributed by atoms with E-state index in [0.717, 1.165) is 0 Å². The molecule has 0 aliphatic carbocycles. The third kappa shape index (κ3) is 5.97. The topological polar surface area (TPSA) is 114 Å². The van der Waals surface area contributed by atoms with Crippen molar-refractivity contribution < 1.29 is 22.7 Å². The van der Waals surface area contributed by atoms with E-state index in [-0.39, 0.29) is 23.8 Å². The Kier molecular flexibility index (Phi) is 7.14. The Morgan fingerprint density at radius 1 is 1.30 bits per heavy atom. The fourth-order valence-corrected chi connectivity index (χ4v) is 2.46. The lowest BCUT2D eigenvalue weighted by Crippen LogP contribution is -2.41. The summed E-state index contributed by atoms with van der Waals surface area (Å²) in [6.07, 6.45) is 0.157. The lowest BCUT2D eigenvalue weighted by Gasteiger charge is -2.14. The zero-order chi connectivity index (χ0) is 17.5. The van der Waals surface area contributed by atoms with E-state index in [0.29, 0.717) is 5.69 Å². The molecule has 1 aromatic rings. The number of rotatable bonds is 8. The summed E-state index contributed by atoms with van der Waals surface area (Å²) < 4.78 is 30.4. The van der Waals surface area contributed by atoms with E-state index in [9.17, 15) is 18.0 Å². The number of nitrogens with one attached hydrogen (secondary N) is 3. The summed E-state index contributed by atoms with van der Waals surface area (Å²) in [6.45, 7) is 1.80. The minimum atomic E-state index is -3.59. The van der Waals surface area contributed by atoms with Crippen LogP contribution in [-0.4, -0.2) is 47.0 Å². The first-order valence-electron chi connectivity index (χ1n) is 6.93. The molecule has 0 spiro atoms. The maximum Gasteiger partial charge on any atom is 0.246 e. The molecule has 1 atom stereocenters. The molecule has 0 unspecified atom stereocenters. The molecule has 0 radical (unpaired) electrons. The Labute approximate surface area is 135 Å². The van der Waals surface area contributed by atoms with Crippen molar-refractivity contribution in [1.82, 2.24) is 10.0 Å². The SMILES string of the molecule is CNS(=O)(=O)c1cccc(NC(=O)[C@H](C)NC(=O)CCOC)c1. The second kappa shape index (κ2) is 8.61. The smallest absolute Gasteiger partial charge is 0.246 e. The molecule has 0 bridgehead atoms. The Morgan fingerprint density at radius 3 is 2.61 bits per heavy atom. The number of sulfonamides is 1. The average Bonchev–Trinajstić information content (AvgIpc) is 2.53. The van der Waals surface area contributed by atoms with Crippen LogP contribution in [0.4, 0.5) is 5.69 Å². The zero-order valence-electron chi connectivity index (χ0n) is 13.3. The van der Waals surface area contributed by atoms with Gasteiger partial charge in [0.15, 0.2) is 0 Å². The molecule has 0 aromatic heterocycles. The van der Waals surface area contributed by atoms with Crippen LogP contribution < -0.4 is 15.4 Å². The van der Waals surface area contributed by atoms with Crippen molar-refractivity contribution in [3.05, 3.63) is 24.3 Å². The monoisotopic (exact) mass is 343 g/mol. The third-order valence-electron chi connectivity index (χ3n) is 2.98. The van der Waals surface area contributed by atoms with Gasteiger partial charge in [0, 0.05) is 19.2 Å². The van der Waals surface area contributed by atoms with Gasteiger partial charge in [0.05, 0.1) is 11.5 Å². The van der Waals surface area contributed by atoms with Crippen molar-refractivity contribution in [2.24, 2.45) is 0 Å². The Balaban J connectivity index is 2.70. The molecule has 2 amide bonds. The number of carbonyl (C=O) groups excluding carboxylic acids is 2. The van der Waals surface area contributed by atoms with Gasteiger partial charge in [-0.25, -0.2) is 13.1 Å². The minimum Gasteiger partial charge on any atom is -0.384 e. The molecule has 0 saturated carbocycles. The highest BCUT2D eigenvalue weighted by Gasteiger charge is 2.17. The molecule has 0 saturated heterocycles. The van der Waals surface area contributed by atoms with Crippen LogP contribution in [0.3, 0.4) is 0 Å². The standard InChI is InChI=1S/C14H21N3O5S/c1-10(16-13(18)7-8-22-3)14(19)17-11-5-4-6-12(9-11)23(20,21)15-2/h4-6,9-10,15H,7-8H2,1-3H3,(H,16,18)(H,17,19)/t10-/m0/s1. The molecular weight excluding hydrogens is 322 g/mol. The third-order valence-corrected chi connectivity index (χ3v) is 4.40. The number of methoxy groups -OCH3 is 1. The molecule has 23 heavy (non-hydrogen) atoms. The van der Waals surface area contributed by atoms with Crippen LogP contribution >= 0.6 is 0 Å². The van der Waals surface area contributed by atoms with Crippen LogP contribution in [0, 0.1) is 0 Å². The molecule has 8 nitrogen and oxygen atoms in total. The number of hydrogen-bond acceptors (Lipinski definition) is 5. The van der Waals surface area contributed by atoms with E-state index >= 15 is 0 Å². The van der Waals surface area contributed by atoms with E-state index in [1.165, 1.54) is 39.3 Å². The zero-order valence-corrected chi connectivity index (χ0v) is 14.1. The van der Waals surface area contributed by atoms with Crippen molar-refractivity contribution in [3.8, 4) is 0 Å². The van der Waals surface area contributed by atoms with Crippen molar-refractivity contribution in [1.29, 1.82) is 0 Å². The van der Waals surface area contributed by atoms with Gasteiger partial charge in [0.2, 0.25) is 21.8 Å². The summed E-state index contributed by atoms with van der Waals surface area (Å²) in [5.74, 6) is -0.754. The molecule has 0 heterocycles. The van der Waals surface area contributed by atoms with Gasteiger partial charge in [-0.2, -0.15) is 0 Å². The van der Waals surface area contributed by atoms with E-state index < -0.39 is 22.0 Å². The highest BCUT2D eigenvalue weighted by molar-refractivity contribution is 7.89. The van der Waals surface area contributed by atoms with Crippen molar-refractivity contribution in [2.75, 3.05) is 26.1 Å². The maximum absolute atomic E-state index is 12.0. The van der Waals surface area contributed by atoms with E-state index in [1.54, 1.807) is 6.07 Å². The fraction of sp³-hybridized carbons (Fsp3) is 0.429. The Bertz CT molecular complexity index is 660. The van der Waals surface area contributed by atoms with Gasteiger partial charge in [-0.15, -0.1) is 0 Å². The molecule has 0 aliphatic heterocycles.